The molecule has 0 aliphatic carbocycles. The summed E-state index contributed by atoms with van der Waals surface area (Å²) in [5.41, 5.74) is 0.435. The molecule has 2 N–H and O–H groups in total. The topological polar surface area (TPSA) is 49.3 Å². The summed E-state index contributed by atoms with van der Waals surface area (Å²) < 4.78 is 0. The molecule has 3 nitrogen and oxygen atoms in total. The Bertz CT molecular complexity index is 328. The van der Waals surface area contributed by atoms with E-state index in [1.807, 2.05) is 0 Å². The number of anilines is 1. The lowest BCUT2D eigenvalue weighted by Gasteiger charge is -2.05. The van der Waals surface area contributed by atoms with Gasteiger partial charge in [0.1, 0.15) is 6.61 Å². The van der Waals surface area contributed by atoms with Gasteiger partial charge in [0, 0.05) is 5.02 Å². The molecule has 0 saturated heterocycles. The minimum absolute atomic E-state index is 0.342. The minimum Gasteiger partial charge on any atom is -0.387 e. The lowest BCUT2D eigenvalue weighted by atomic mass is 10.3. The Morgan fingerprint density at radius 3 is 2.69 bits per heavy atom. The summed E-state index contributed by atoms with van der Waals surface area (Å²) in [6, 6.07) is 4.68. The number of carbonyl (C=O) groups excluding carboxylic acids is 1. The number of rotatable bonds is 2. The monoisotopic (exact) mass is 219 g/mol. The summed E-state index contributed by atoms with van der Waals surface area (Å²) in [5, 5.41) is 11.7. The first kappa shape index (κ1) is 10.3. The van der Waals surface area contributed by atoms with E-state index in [1.165, 1.54) is 6.07 Å². The number of nitrogens with one attached hydrogen (secondary N) is 1. The van der Waals surface area contributed by atoms with Crippen LogP contribution in [0.1, 0.15) is 0 Å². The van der Waals surface area contributed by atoms with Gasteiger partial charge in [0.15, 0.2) is 0 Å². The van der Waals surface area contributed by atoms with Gasteiger partial charge in [-0.15, -0.1) is 0 Å². The molecular weight excluding hydrogens is 213 g/mol. The maximum Gasteiger partial charge on any atom is 0.250 e. The lowest BCUT2D eigenvalue weighted by Crippen LogP contribution is -2.15. The van der Waals surface area contributed by atoms with Gasteiger partial charge in [-0.1, -0.05) is 23.2 Å². The van der Waals surface area contributed by atoms with Crippen LogP contribution < -0.4 is 5.32 Å². The third-order valence-electron chi connectivity index (χ3n) is 1.35. The fraction of sp³-hybridized carbons (Fsp3) is 0.125. The van der Waals surface area contributed by atoms with Crippen LogP contribution in [0.4, 0.5) is 5.69 Å². The molecule has 0 aromatic heterocycles. The van der Waals surface area contributed by atoms with E-state index in [1.54, 1.807) is 12.1 Å². The molecule has 70 valence electrons. The van der Waals surface area contributed by atoms with Crippen LogP contribution in [0, 0.1) is 0 Å². The van der Waals surface area contributed by atoms with E-state index in [9.17, 15) is 4.79 Å². The highest BCUT2D eigenvalue weighted by Gasteiger charge is 2.04. The minimum atomic E-state index is -0.570. The fourth-order valence-corrected chi connectivity index (χ4v) is 1.24. The number of halogens is 2. The molecule has 0 atom stereocenters. The summed E-state index contributed by atoms with van der Waals surface area (Å²) in [4.78, 5) is 10.8. The first-order valence-corrected chi connectivity index (χ1v) is 4.25. The molecule has 5 heteroatoms. The normalized spacial score (nSPS) is 9.77. The van der Waals surface area contributed by atoms with Crippen LogP contribution in [0.15, 0.2) is 18.2 Å². The summed E-state index contributed by atoms with van der Waals surface area (Å²) in [7, 11) is 0. The molecular formula is C8H7Cl2NO2. The third-order valence-corrected chi connectivity index (χ3v) is 1.90. The van der Waals surface area contributed by atoms with E-state index in [0.717, 1.165) is 0 Å². The average molecular weight is 220 g/mol. The molecule has 13 heavy (non-hydrogen) atoms. The van der Waals surface area contributed by atoms with Gasteiger partial charge in [-0.05, 0) is 18.2 Å². The Morgan fingerprint density at radius 1 is 1.46 bits per heavy atom. The summed E-state index contributed by atoms with van der Waals surface area (Å²) in [6.07, 6.45) is 0. The molecule has 0 aliphatic heterocycles. The van der Waals surface area contributed by atoms with Crippen molar-refractivity contribution in [1.29, 1.82) is 0 Å². The van der Waals surface area contributed by atoms with Gasteiger partial charge in [0.2, 0.25) is 5.91 Å². The second kappa shape index (κ2) is 4.46. The number of hydrogen-bond donors (Lipinski definition) is 2. The van der Waals surface area contributed by atoms with Crippen molar-refractivity contribution >= 4 is 34.8 Å². The largest absolute Gasteiger partial charge is 0.387 e. The Kier molecular flexibility index (Phi) is 3.54. The summed E-state index contributed by atoms with van der Waals surface area (Å²) in [5.74, 6) is -0.510. The van der Waals surface area contributed by atoms with Gasteiger partial charge < -0.3 is 10.4 Å². The molecule has 1 aromatic carbocycles. The number of carbonyl (C=O) groups is 1. The van der Waals surface area contributed by atoms with Crippen molar-refractivity contribution < 1.29 is 9.90 Å². The highest BCUT2D eigenvalue weighted by atomic mass is 35.5. The number of amides is 1. The van der Waals surface area contributed by atoms with Crippen molar-refractivity contribution in [3.63, 3.8) is 0 Å². The van der Waals surface area contributed by atoms with Crippen LogP contribution >= 0.6 is 23.2 Å². The quantitative estimate of drug-likeness (QED) is 0.799. The van der Waals surface area contributed by atoms with Crippen molar-refractivity contribution in [1.82, 2.24) is 0 Å². The molecule has 0 bridgehead atoms. The van der Waals surface area contributed by atoms with Gasteiger partial charge in [0.25, 0.3) is 0 Å². The highest BCUT2D eigenvalue weighted by molar-refractivity contribution is 6.36. The Balaban J connectivity index is 2.83. The maximum absolute atomic E-state index is 10.8. The molecule has 1 aromatic rings. The van der Waals surface area contributed by atoms with Crippen molar-refractivity contribution in [2.45, 2.75) is 0 Å². The van der Waals surface area contributed by atoms with Crippen molar-refractivity contribution in [2.24, 2.45) is 0 Å². The fourth-order valence-electron chi connectivity index (χ4n) is 0.781. The zero-order valence-electron chi connectivity index (χ0n) is 6.55. The van der Waals surface area contributed by atoms with Crippen LogP contribution in [0.2, 0.25) is 10.0 Å². The summed E-state index contributed by atoms with van der Waals surface area (Å²) in [6.45, 7) is -0.570. The van der Waals surface area contributed by atoms with E-state index < -0.39 is 12.5 Å². The molecule has 0 heterocycles. The molecule has 0 radical (unpaired) electrons. The second-order valence-corrected chi connectivity index (χ2v) is 3.17. The van der Waals surface area contributed by atoms with Crippen LogP contribution in [0.3, 0.4) is 0 Å². The molecule has 0 fully saturated rings. The lowest BCUT2D eigenvalue weighted by molar-refractivity contribution is -0.118. The van der Waals surface area contributed by atoms with Crippen LogP contribution in [0.5, 0.6) is 0 Å². The van der Waals surface area contributed by atoms with Crippen molar-refractivity contribution in [2.75, 3.05) is 11.9 Å². The van der Waals surface area contributed by atoms with E-state index >= 15 is 0 Å². The van der Waals surface area contributed by atoms with Gasteiger partial charge >= 0.3 is 0 Å². The van der Waals surface area contributed by atoms with Crippen LogP contribution in [-0.2, 0) is 4.79 Å². The third kappa shape index (κ3) is 2.88. The average Bonchev–Trinajstić information content (AvgIpc) is 2.09. The number of hydrogen-bond acceptors (Lipinski definition) is 2. The van der Waals surface area contributed by atoms with Crippen molar-refractivity contribution in [3.8, 4) is 0 Å². The maximum atomic E-state index is 10.8. The zero-order chi connectivity index (χ0) is 9.84. The summed E-state index contributed by atoms with van der Waals surface area (Å²) >= 11 is 11.4. The van der Waals surface area contributed by atoms with E-state index in [2.05, 4.69) is 5.32 Å². The van der Waals surface area contributed by atoms with E-state index in [4.69, 9.17) is 28.3 Å². The van der Waals surface area contributed by atoms with Gasteiger partial charge in [0.05, 0.1) is 10.7 Å². The smallest absolute Gasteiger partial charge is 0.250 e. The van der Waals surface area contributed by atoms with Crippen molar-refractivity contribution in [3.05, 3.63) is 28.2 Å². The van der Waals surface area contributed by atoms with Crippen LogP contribution in [0.25, 0.3) is 0 Å². The number of aliphatic hydroxyl groups excluding tert-OH is 1. The molecule has 0 aliphatic rings. The molecule has 1 rings (SSSR count). The number of aliphatic hydroxyl groups is 1. The van der Waals surface area contributed by atoms with E-state index in [-0.39, 0.29) is 0 Å². The Labute approximate surface area is 85.3 Å². The molecule has 0 unspecified atom stereocenters. The van der Waals surface area contributed by atoms with Gasteiger partial charge in [-0.3, -0.25) is 4.79 Å². The Morgan fingerprint density at radius 2 is 2.15 bits per heavy atom. The van der Waals surface area contributed by atoms with Gasteiger partial charge in [-0.2, -0.15) is 0 Å². The molecule has 0 spiro atoms. The van der Waals surface area contributed by atoms with Crippen LogP contribution in [-0.4, -0.2) is 17.6 Å². The molecule has 1 amide bonds. The number of benzene rings is 1. The van der Waals surface area contributed by atoms with E-state index in [0.29, 0.717) is 15.7 Å². The molecule has 0 saturated carbocycles. The second-order valence-electron chi connectivity index (χ2n) is 2.33. The predicted molar refractivity (Wildman–Crippen MR) is 52.2 cm³/mol. The predicted octanol–water partition coefficient (Wildman–Crippen LogP) is 1.92. The Hall–Kier alpha value is -0.770. The first-order chi connectivity index (χ1) is 6.13. The highest BCUT2D eigenvalue weighted by Crippen LogP contribution is 2.24. The standard InChI is InChI=1S/C8H7Cl2NO2/c9-5-1-2-7(6(10)3-5)11-8(13)4-12/h1-3,12H,4H2,(H,11,13). The first-order valence-electron chi connectivity index (χ1n) is 3.49. The van der Waals surface area contributed by atoms with Gasteiger partial charge in [-0.25, -0.2) is 0 Å². The SMILES string of the molecule is O=C(CO)Nc1ccc(Cl)cc1Cl. The zero-order valence-corrected chi connectivity index (χ0v) is 8.06.